The average Bonchev–Trinajstić information content (AvgIpc) is 2.70. The Morgan fingerprint density at radius 1 is 0.889 bits per heavy atom. The molecule has 1 heterocycles. The summed E-state index contributed by atoms with van der Waals surface area (Å²) in [6, 6.07) is 18.4. The second-order valence-corrected chi connectivity index (χ2v) is 5.31. The lowest BCUT2D eigenvalue weighted by Gasteiger charge is -2.08. The average molecular weight is 365 g/mol. The largest absolute Gasteiger partial charge is 0.481 e. The van der Waals surface area contributed by atoms with Crippen LogP contribution in [0.25, 0.3) is 0 Å². The number of nitrogens with two attached hydrogens (primary N) is 1. The molecule has 0 amide bonds. The standard InChI is InChI=1S/C19H19N5O3/c1-25-16-12-17(26-2)23-19(22-16)24-18(20)21-13-8-10-15(11-9-13)27-14-6-4-3-5-7-14/h3-12H,1-2H3,(H3,20,21,22,23,24). The van der Waals surface area contributed by atoms with Gasteiger partial charge >= 0.3 is 0 Å². The predicted octanol–water partition coefficient (Wildman–Crippen LogP) is 3.34. The zero-order chi connectivity index (χ0) is 19.1. The molecule has 0 saturated heterocycles. The van der Waals surface area contributed by atoms with Gasteiger partial charge in [-0.3, -0.25) is 0 Å². The Balaban J connectivity index is 1.68. The lowest BCUT2D eigenvalue weighted by Crippen LogP contribution is -2.22. The number of anilines is 1. The van der Waals surface area contributed by atoms with Gasteiger partial charge in [0.2, 0.25) is 17.7 Å². The minimum absolute atomic E-state index is 0.125. The van der Waals surface area contributed by atoms with E-state index in [1.807, 2.05) is 54.6 Å². The van der Waals surface area contributed by atoms with Crippen molar-refractivity contribution in [3.8, 4) is 23.3 Å². The molecule has 0 radical (unpaired) electrons. The Labute approximate surface area is 156 Å². The number of aliphatic imine (C=N–C) groups is 1. The highest BCUT2D eigenvalue weighted by Gasteiger charge is 2.06. The minimum Gasteiger partial charge on any atom is -0.481 e. The number of guanidine groups is 1. The van der Waals surface area contributed by atoms with Gasteiger partial charge in [0.15, 0.2) is 0 Å². The summed E-state index contributed by atoms with van der Waals surface area (Å²) < 4.78 is 15.9. The van der Waals surface area contributed by atoms with E-state index in [4.69, 9.17) is 19.9 Å². The molecule has 0 atom stereocenters. The molecule has 8 nitrogen and oxygen atoms in total. The third-order valence-electron chi connectivity index (χ3n) is 3.41. The second-order valence-electron chi connectivity index (χ2n) is 5.31. The van der Waals surface area contributed by atoms with Crippen molar-refractivity contribution >= 4 is 17.6 Å². The molecule has 0 bridgehead atoms. The van der Waals surface area contributed by atoms with Gasteiger partial charge in [-0.15, -0.1) is 0 Å². The number of para-hydroxylation sites is 1. The third kappa shape index (κ3) is 5.08. The van der Waals surface area contributed by atoms with Crippen LogP contribution in [0.4, 0.5) is 11.6 Å². The van der Waals surface area contributed by atoms with Crippen molar-refractivity contribution in [3.63, 3.8) is 0 Å². The van der Waals surface area contributed by atoms with E-state index in [0.29, 0.717) is 17.5 Å². The summed E-state index contributed by atoms with van der Waals surface area (Å²) in [7, 11) is 2.99. The number of hydrogen-bond donors (Lipinski definition) is 2. The van der Waals surface area contributed by atoms with Gasteiger partial charge in [0.25, 0.3) is 5.95 Å². The number of rotatable bonds is 6. The van der Waals surface area contributed by atoms with Crippen LogP contribution in [-0.2, 0) is 0 Å². The summed E-state index contributed by atoms with van der Waals surface area (Å²) in [5.41, 5.74) is 6.67. The fourth-order valence-corrected chi connectivity index (χ4v) is 2.17. The first-order valence-corrected chi connectivity index (χ1v) is 8.07. The number of nitrogens with one attached hydrogen (secondary N) is 1. The molecule has 3 rings (SSSR count). The number of benzene rings is 2. The van der Waals surface area contributed by atoms with E-state index in [2.05, 4.69) is 20.3 Å². The SMILES string of the molecule is COc1cc(OC)nc(N=C(N)Nc2ccc(Oc3ccccc3)cc2)n1. The molecule has 3 aromatic rings. The van der Waals surface area contributed by atoms with Crippen molar-refractivity contribution in [3.05, 3.63) is 60.7 Å². The molecule has 0 aliphatic heterocycles. The van der Waals surface area contributed by atoms with Crippen molar-refractivity contribution < 1.29 is 14.2 Å². The monoisotopic (exact) mass is 365 g/mol. The lowest BCUT2D eigenvalue weighted by molar-refractivity contribution is 0.372. The summed E-state index contributed by atoms with van der Waals surface area (Å²) >= 11 is 0. The van der Waals surface area contributed by atoms with Crippen molar-refractivity contribution in [2.75, 3.05) is 19.5 Å². The smallest absolute Gasteiger partial charge is 0.259 e. The molecule has 1 aromatic heterocycles. The molecule has 3 N–H and O–H groups in total. The predicted molar refractivity (Wildman–Crippen MR) is 103 cm³/mol. The van der Waals surface area contributed by atoms with Gasteiger partial charge < -0.3 is 25.3 Å². The number of ether oxygens (including phenoxy) is 3. The highest BCUT2D eigenvalue weighted by atomic mass is 16.5. The Bertz CT molecular complexity index is 892. The quantitative estimate of drug-likeness (QED) is 0.510. The molecule has 0 aliphatic rings. The van der Waals surface area contributed by atoms with Crippen LogP contribution in [0.1, 0.15) is 0 Å². The van der Waals surface area contributed by atoms with Crippen LogP contribution < -0.4 is 25.3 Å². The topological polar surface area (TPSA) is 104 Å². The van der Waals surface area contributed by atoms with E-state index in [1.54, 1.807) is 6.07 Å². The van der Waals surface area contributed by atoms with Crippen LogP contribution >= 0.6 is 0 Å². The molecule has 0 spiro atoms. The number of aromatic nitrogens is 2. The highest BCUT2D eigenvalue weighted by molar-refractivity contribution is 5.93. The molecule has 0 fully saturated rings. The molecule has 138 valence electrons. The summed E-state index contributed by atoms with van der Waals surface area (Å²) in [6.45, 7) is 0. The van der Waals surface area contributed by atoms with Gasteiger partial charge in [-0.1, -0.05) is 18.2 Å². The van der Waals surface area contributed by atoms with Crippen LogP contribution in [0.2, 0.25) is 0 Å². The van der Waals surface area contributed by atoms with Crippen molar-refractivity contribution in [1.29, 1.82) is 0 Å². The maximum Gasteiger partial charge on any atom is 0.259 e. The number of hydrogen-bond acceptors (Lipinski definition) is 6. The second kappa shape index (κ2) is 8.52. The summed E-state index contributed by atoms with van der Waals surface area (Å²) in [6.07, 6.45) is 0. The fraction of sp³-hybridized carbons (Fsp3) is 0.105. The van der Waals surface area contributed by atoms with Gasteiger partial charge in [0, 0.05) is 5.69 Å². The highest BCUT2D eigenvalue weighted by Crippen LogP contribution is 2.23. The molecule has 27 heavy (non-hydrogen) atoms. The van der Waals surface area contributed by atoms with Gasteiger partial charge in [0.1, 0.15) is 11.5 Å². The maximum absolute atomic E-state index is 5.93. The number of nitrogens with zero attached hydrogens (tertiary/aromatic N) is 3. The first-order valence-electron chi connectivity index (χ1n) is 8.07. The van der Waals surface area contributed by atoms with E-state index in [0.717, 1.165) is 11.4 Å². The molecular formula is C19H19N5O3. The van der Waals surface area contributed by atoms with Crippen molar-refractivity contribution in [2.45, 2.75) is 0 Å². The fourth-order valence-electron chi connectivity index (χ4n) is 2.17. The van der Waals surface area contributed by atoms with E-state index >= 15 is 0 Å². The van der Waals surface area contributed by atoms with Crippen molar-refractivity contribution in [1.82, 2.24) is 9.97 Å². The Hall–Kier alpha value is -3.81. The van der Waals surface area contributed by atoms with Crippen LogP contribution in [0, 0.1) is 0 Å². The maximum atomic E-state index is 5.93. The zero-order valence-corrected chi connectivity index (χ0v) is 14.9. The van der Waals surface area contributed by atoms with Gasteiger partial charge in [-0.25, -0.2) is 0 Å². The van der Waals surface area contributed by atoms with Crippen LogP contribution in [-0.4, -0.2) is 30.1 Å². The Morgan fingerprint density at radius 3 is 2.07 bits per heavy atom. The molecule has 0 unspecified atom stereocenters. The minimum atomic E-state index is 0.125. The normalized spacial score (nSPS) is 11.0. The van der Waals surface area contributed by atoms with Crippen LogP contribution in [0.3, 0.4) is 0 Å². The molecular weight excluding hydrogens is 346 g/mol. The van der Waals surface area contributed by atoms with Gasteiger partial charge in [0.05, 0.1) is 20.3 Å². The molecule has 0 aliphatic carbocycles. The first kappa shape index (κ1) is 18.0. The lowest BCUT2D eigenvalue weighted by atomic mass is 10.3. The van der Waals surface area contributed by atoms with Crippen LogP contribution in [0.15, 0.2) is 65.7 Å². The summed E-state index contributed by atoms with van der Waals surface area (Å²) in [4.78, 5) is 12.3. The third-order valence-corrected chi connectivity index (χ3v) is 3.41. The first-order chi connectivity index (χ1) is 13.2. The Kier molecular flexibility index (Phi) is 5.68. The van der Waals surface area contributed by atoms with E-state index < -0.39 is 0 Å². The van der Waals surface area contributed by atoms with Crippen molar-refractivity contribution in [2.24, 2.45) is 10.7 Å². The van der Waals surface area contributed by atoms with Gasteiger partial charge in [-0.2, -0.15) is 15.0 Å². The van der Waals surface area contributed by atoms with E-state index in [1.165, 1.54) is 14.2 Å². The van der Waals surface area contributed by atoms with E-state index in [9.17, 15) is 0 Å². The van der Waals surface area contributed by atoms with Gasteiger partial charge in [-0.05, 0) is 36.4 Å². The summed E-state index contributed by atoms with van der Waals surface area (Å²) in [5, 5.41) is 2.97. The number of methoxy groups -OCH3 is 2. The summed E-state index contributed by atoms with van der Waals surface area (Å²) in [5.74, 6) is 2.39. The zero-order valence-electron chi connectivity index (χ0n) is 14.9. The van der Waals surface area contributed by atoms with Crippen LogP contribution in [0.5, 0.6) is 23.3 Å². The molecule has 8 heteroatoms. The van der Waals surface area contributed by atoms with E-state index in [-0.39, 0.29) is 11.9 Å². The Morgan fingerprint density at radius 2 is 1.48 bits per heavy atom. The molecule has 0 saturated carbocycles. The molecule has 2 aromatic carbocycles.